The van der Waals surface area contributed by atoms with Crippen molar-refractivity contribution in [3.05, 3.63) is 33.8 Å². The van der Waals surface area contributed by atoms with Crippen LogP contribution < -0.4 is 5.32 Å². The van der Waals surface area contributed by atoms with Gasteiger partial charge in [0.15, 0.2) is 0 Å². The van der Waals surface area contributed by atoms with Gasteiger partial charge in [-0.05, 0) is 36.8 Å². The molecule has 0 amide bonds. The summed E-state index contributed by atoms with van der Waals surface area (Å²) >= 11 is 12.1. The summed E-state index contributed by atoms with van der Waals surface area (Å²) < 4.78 is 0. The van der Waals surface area contributed by atoms with E-state index in [1.807, 2.05) is 18.2 Å². The van der Waals surface area contributed by atoms with E-state index in [2.05, 4.69) is 12.2 Å². The summed E-state index contributed by atoms with van der Waals surface area (Å²) in [5.74, 6) is 0.854. The molecule has 0 aliphatic heterocycles. The summed E-state index contributed by atoms with van der Waals surface area (Å²) in [6.45, 7) is 3.13. The zero-order chi connectivity index (χ0) is 11.5. The van der Waals surface area contributed by atoms with Crippen LogP contribution in [0.15, 0.2) is 18.2 Å². The zero-order valence-corrected chi connectivity index (χ0v) is 11.0. The molecule has 0 spiro atoms. The Morgan fingerprint density at radius 1 is 1.31 bits per heavy atom. The molecule has 1 aliphatic rings. The fourth-order valence-electron chi connectivity index (χ4n) is 2.33. The average molecular weight is 258 g/mol. The van der Waals surface area contributed by atoms with Crippen LogP contribution in [-0.4, -0.2) is 6.04 Å². The van der Waals surface area contributed by atoms with Crippen LogP contribution in [0.2, 0.25) is 10.0 Å². The van der Waals surface area contributed by atoms with Crippen LogP contribution in [0.1, 0.15) is 31.7 Å². The van der Waals surface area contributed by atoms with Crippen LogP contribution >= 0.6 is 23.2 Å². The Kier molecular flexibility index (Phi) is 4.12. The van der Waals surface area contributed by atoms with E-state index < -0.39 is 0 Å². The molecule has 2 rings (SSSR count). The van der Waals surface area contributed by atoms with Crippen molar-refractivity contribution in [3.63, 3.8) is 0 Å². The van der Waals surface area contributed by atoms with Gasteiger partial charge in [-0.3, -0.25) is 0 Å². The second kappa shape index (κ2) is 5.39. The van der Waals surface area contributed by atoms with Gasteiger partial charge in [0, 0.05) is 12.6 Å². The van der Waals surface area contributed by atoms with Crippen LogP contribution in [0.3, 0.4) is 0 Å². The molecule has 3 heteroatoms. The Labute approximate surface area is 107 Å². The van der Waals surface area contributed by atoms with E-state index in [-0.39, 0.29) is 0 Å². The lowest BCUT2D eigenvalue weighted by atomic mass is 10.1. The van der Waals surface area contributed by atoms with Gasteiger partial charge in [0.1, 0.15) is 0 Å². The fraction of sp³-hybridized carbons (Fsp3) is 0.538. The van der Waals surface area contributed by atoms with Crippen LogP contribution in [0.5, 0.6) is 0 Å². The fourth-order valence-corrected chi connectivity index (χ4v) is 2.72. The molecule has 0 aromatic heterocycles. The molecule has 1 N–H and O–H groups in total. The molecule has 1 nitrogen and oxygen atoms in total. The zero-order valence-electron chi connectivity index (χ0n) is 9.47. The highest BCUT2D eigenvalue weighted by Crippen LogP contribution is 2.27. The second-order valence-corrected chi connectivity index (χ2v) is 5.49. The lowest BCUT2D eigenvalue weighted by Gasteiger charge is -2.13. The monoisotopic (exact) mass is 257 g/mol. The highest BCUT2D eigenvalue weighted by Gasteiger charge is 2.20. The molecular weight excluding hydrogens is 241 g/mol. The minimum absolute atomic E-state index is 0.640. The first-order valence-corrected chi connectivity index (χ1v) is 6.58. The molecule has 1 aromatic rings. The minimum atomic E-state index is 0.640. The van der Waals surface area contributed by atoms with Gasteiger partial charge in [-0.1, -0.05) is 42.3 Å². The van der Waals surface area contributed by atoms with E-state index in [4.69, 9.17) is 23.2 Å². The van der Waals surface area contributed by atoms with Crippen molar-refractivity contribution >= 4 is 23.2 Å². The van der Waals surface area contributed by atoms with Gasteiger partial charge in [0.2, 0.25) is 0 Å². The van der Waals surface area contributed by atoms with Gasteiger partial charge < -0.3 is 5.32 Å². The highest BCUT2D eigenvalue weighted by molar-refractivity contribution is 6.42. The second-order valence-electron chi connectivity index (χ2n) is 4.71. The van der Waals surface area contributed by atoms with Crippen LogP contribution in [0, 0.1) is 5.92 Å². The van der Waals surface area contributed by atoms with Crippen molar-refractivity contribution in [1.29, 1.82) is 0 Å². The molecular formula is C13H17Cl2N. The first kappa shape index (κ1) is 12.2. The maximum absolute atomic E-state index is 6.14. The van der Waals surface area contributed by atoms with Gasteiger partial charge in [0.05, 0.1) is 10.0 Å². The van der Waals surface area contributed by atoms with E-state index in [0.29, 0.717) is 16.1 Å². The van der Waals surface area contributed by atoms with E-state index >= 15 is 0 Å². The maximum atomic E-state index is 6.14. The molecule has 1 aromatic carbocycles. The minimum Gasteiger partial charge on any atom is -0.310 e. The summed E-state index contributed by atoms with van der Waals surface area (Å²) in [6.07, 6.45) is 3.89. The van der Waals surface area contributed by atoms with E-state index in [9.17, 15) is 0 Å². The largest absolute Gasteiger partial charge is 0.310 e. The molecule has 1 fully saturated rings. The first-order chi connectivity index (χ1) is 7.66. The van der Waals surface area contributed by atoms with Gasteiger partial charge in [0.25, 0.3) is 0 Å². The lowest BCUT2D eigenvalue weighted by molar-refractivity contribution is 0.502. The van der Waals surface area contributed by atoms with Crippen molar-refractivity contribution in [2.75, 3.05) is 0 Å². The van der Waals surface area contributed by atoms with Crippen molar-refractivity contribution in [2.24, 2.45) is 5.92 Å². The van der Waals surface area contributed by atoms with Gasteiger partial charge in [-0.25, -0.2) is 0 Å². The summed E-state index contributed by atoms with van der Waals surface area (Å²) in [6, 6.07) is 6.44. The van der Waals surface area contributed by atoms with E-state index in [1.165, 1.54) is 19.3 Å². The Bertz CT molecular complexity index is 365. The Morgan fingerprint density at radius 3 is 2.81 bits per heavy atom. The smallest absolute Gasteiger partial charge is 0.0637 e. The van der Waals surface area contributed by atoms with Crippen LogP contribution in [0.25, 0.3) is 0 Å². The number of benzene rings is 1. The molecule has 0 bridgehead atoms. The quantitative estimate of drug-likeness (QED) is 0.853. The third kappa shape index (κ3) is 2.91. The number of hydrogen-bond acceptors (Lipinski definition) is 1. The summed E-state index contributed by atoms with van der Waals surface area (Å²) in [5.41, 5.74) is 1.09. The Balaban J connectivity index is 1.92. The SMILES string of the molecule is CC1CCC(NCc2cccc(Cl)c2Cl)C1. The molecule has 88 valence electrons. The summed E-state index contributed by atoms with van der Waals surface area (Å²) in [5, 5.41) is 4.88. The lowest BCUT2D eigenvalue weighted by Crippen LogP contribution is -2.25. The van der Waals surface area contributed by atoms with Crippen LogP contribution in [0.4, 0.5) is 0 Å². The van der Waals surface area contributed by atoms with Gasteiger partial charge in [-0.15, -0.1) is 0 Å². The molecule has 1 saturated carbocycles. The molecule has 0 saturated heterocycles. The van der Waals surface area contributed by atoms with Crippen molar-refractivity contribution in [2.45, 2.75) is 38.8 Å². The summed E-state index contributed by atoms with van der Waals surface area (Å²) in [4.78, 5) is 0. The predicted octanol–water partition coefficient (Wildman–Crippen LogP) is 4.27. The molecule has 1 aliphatic carbocycles. The number of halogens is 2. The topological polar surface area (TPSA) is 12.0 Å². The number of nitrogens with one attached hydrogen (secondary N) is 1. The average Bonchev–Trinajstić information content (AvgIpc) is 2.67. The number of rotatable bonds is 3. The molecule has 0 heterocycles. The van der Waals surface area contributed by atoms with Crippen molar-refractivity contribution < 1.29 is 0 Å². The number of hydrogen-bond donors (Lipinski definition) is 1. The van der Waals surface area contributed by atoms with Crippen molar-refractivity contribution in [3.8, 4) is 0 Å². The van der Waals surface area contributed by atoms with Gasteiger partial charge in [-0.2, -0.15) is 0 Å². The highest BCUT2D eigenvalue weighted by atomic mass is 35.5. The molecule has 0 radical (unpaired) electrons. The predicted molar refractivity (Wildman–Crippen MR) is 70.1 cm³/mol. The molecule has 16 heavy (non-hydrogen) atoms. The normalized spacial score (nSPS) is 24.9. The first-order valence-electron chi connectivity index (χ1n) is 5.83. The Morgan fingerprint density at radius 2 is 2.12 bits per heavy atom. The van der Waals surface area contributed by atoms with Crippen LogP contribution in [-0.2, 0) is 6.54 Å². The standard InChI is InChI=1S/C13H17Cl2N/c1-9-5-6-11(7-9)16-8-10-3-2-4-12(14)13(10)15/h2-4,9,11,16H,5-8H2,1H3. The Hall–Kier alpha value is -0.240. The molecule has 2 unspecified atom stereocenters. The third-order valence-electron chi connectivity index (χ3n) is 3.31. The van der Waals surface area contributed by atoms with E-state index in [1.54, 1.807) is 0 Å². The third-order valence-corrected chi connectivity index (χ3v) is 4.17. The maximum Gasteiger partial charge on any atom is 0.0637 e. The summed E-state index contributed by atoms with van der Waals surface area (Å²) in [7, 11) is 0. The van der Waals surface area contributed by atoms with Crippen molar-refractivity contribution in [1.82, 2.24) is 5.32 Å². The van der Waals surface area contributed by atoms with E-state index in [0.717, 1.165) is 18.0 Å². The molecule has 2 atom stereocenters. The van der Waals surface area contributed by atoms with Gasteiger partial charge >= 0.3 is 0 Å².